The first kappa shape index (κ1) is 20.1. The Labute approximate surface area is 156 Å². The summed E-state index contributed by atoms with van der Waals surface area (Å²) in [6.45, 7) is 9.65. The van der Waals surface area contributed by atoms with Crippen molar-refractivity contribution in [3.63, 3.8) is 0 Å². The molecule has 0 unspecified atom stereocenters. The molecule has 1 saturated heterocycles. The van der Waals surface area contributed by atoms with Crippen LogP contribution in [-0.4, -0.2) is 42.3 Å². The van der Waals surface area contributed by atoms with E-state index in [-0.39, 0.29) is 12.1 Å². The molecule has 1 heterocycles. The van der Waals surface area contributed by atoms with E-state index in [2.05, 4.69) is 22.8 Å². The van der Waals surface area contributed by atoms with Crippen molar-refractivity contribution >= 4 is 17.8 Å². The Balaban J connectivity index is 1.78. The average molecular weight is 361 g/mol. The highest BCUT2D eigenvalue weighted by molar-refractivity contribution is 5.89. The zero-order chi connectivity index (χ0) is 19.2. The van der Waals surface area contributed by atoms with Crippen LogP contribution in [0.15, 0.2) is 24.3 Å². The zero-order valence-electron chi connectivity index (χ0n) is 16.3. The van der Waals surface area contributed by atoms with Crippen LogP contribution in [-0.2, 0) is 11.2 Å². The highest BCUT2D eigenvalue weighted by Gasteiger charge is 2.26. The molecule has 0 spiro atoms. The van der Waals surface area contributed by atoms with E-state index >= 15 is 0 Å². The molecule has 0 radical (unpaired) electrons. The van der Waals surface area contributed by atoms with Gasteiger partial charge in [-0.15, -0.1) is 0 Å². The maximum Gasteiger partial charge on any atom is 0.410 e. The van der Waals surface area contributed by atoms with Crippen LogP contribution in [0.4, 0.5) is 15.3 Å². The normalized spacial score (nSPS) is 15.5. The Morgan fingerprint density at radius 3 is 2.31 bits per heavy atom. The number of rotatable bonds is 4. The number of amides is 3. The quantitative estimate of drug-likeness (QED) is 0.851. The zero-order valence-corrected chi connectivity index (χ0v) is 16.3. The predicted octanol–water partition coefficient (Wildman–Crippen LogP) is 4.02. The number of ether oxygens (including phenoxy) is 1. The van der Waals surface area contributed by atoms with Gasteiger partial charge in [0.05, 0.1) is 0 Å². The van der Waals surface area contributed by atoms with E-state index in [1.165, 1.54) is 5.56 Å². The molecule has 2 rings (SSSR count). The van der Waals surface area contributed by atoms with Gasteiger partial charge in [0.2, 0.25) is 0 Å². The van der Waals surface area contributed by atoms with Gasteiger partial charge in [-0.05, 0) is 70.6 Å². The molecule has 1 aromatic carbocycles. The summed E-state index contributed by atoms with van der Waals surface area (Å²) in [5, 5.41) is 5.51. The second-order valence-electron chi connectivity index (χ2n) is 7.80. The van der Waals surface area contributed by atoms with Gasteiger partial charge in [-0.25, -0.2) is 9.59 Å². The molecule has 2 N–H and O–H groups in total. The molecule has 0 aromatic heterocycles. The van der Waals surface area contributed by atoms with Crippen LogP contribution in [0, 0.1) is 5.92 Å². The Morgan fingerprint density at radius 1 is 1.15 bits per heavy atom. The number of carbonyl (C=O) groups is 2. The number of carbonyl (C=O) groups excluding carboxylic acids is 2. The van der Waals surface area contributed by atoms with Gasteiger partial charge in [-0.2, -0.15) is 0 Å². The maximum absolute atomic E-state index is 12.1. The topological polar surface area (TPSA) is 70.7 Å². The van der Waals surface area contributed by atoms with E-state index < -0.39 is 5.60 Å². The third-order valence-electron chi connectivity index (χ3n) is 4.34. The summed E-state index contributed by atoms with van der Waals surface area (Å²) in [4.78, 5) is 25.4. The van der Waals surface area contributed by atoms with Crippen LogP contribution < -0.4 is 10.6 Å². The minimum absolute atomic E-state index is 0.185. The summed E-state index contributed by atoms with van der Waals surface area (Å²) in [6.07, 6.45) is 2.75. The molecule has 1 fully saturated rings. The van der Waals surface area contributed by atoms with Gasteiger partial charge in [0.1, 0.15) is 5.60 Å². The summed E-state index contributed by atoms with van der Waals surface area (Å²) in [5.74, 6) is 0.566. The fraction of sp³-hybridized carbons (Fsp3) is 0.600. The minimum Gasteiger partial charge on any atom is -0.444 e. The van der Waals surface area contributed by atoms with Crippen molar-refractivity contribution in [2.75, 3.05) is 25.0 Å². The molecule has 144 valence electrons. The third-order valence-corrected chi connectivity index (χ3v) is 4.34. The van der Waals surface area contributed by atoms with Crippen LogP contribution in [0.25, 0.3) is 0 Å². The van der Waals surface area contributed by atoms with Crippen LogP contribution in [0.3, 0.4) is 0 Å². The number of anilines is 1. The smallest absolute Gasteiger partial charge is 0.410 e. The molecule has 0 atom stereocenters. The fourth-order valence-electron chi connectivity index (χ4n) is 3.04. The van der Waals surface area contributed by atoms with Gasteiger partial charge < -0.3 is 20.3 Å². The number of urea groups is 1. The lowest BCUT2D eigenvalue weighted by molar-refractivity contribution is 0.0184. The van der Waals surface area contributed by atoms with Crippen molar-refractivity contribution in [1.29, 1.82) is 0 Å². The maximum atomic E-state index is 12.1. The summed E-state index contributed by atoms with van der Waals surface area (Å²) in [5.41, 5.74) is 1.60. The number of nitrogens with one attached hydrogen (secondary N) is 2. The number of hydrogen-bond acceptors (Lipinski definition) is 3. The first-order valence-corrected chi connectivity index (χ1v) is 9.38. The lowest BCUT2D eigenvalue weighted by Crippen LogP contribution is -2.42. The Morgan fingerprint density at radius 2 is 1.77 bits per heavy atom. The van der Waals surface area contributed by atoms with E-state index in [1.807, 2.05) is 39.8 Å². The number of hydrogen-bond donors (Lipinski definition) is 2. The summed E-state index contributed by atoms with van der Waals surface area (Å²) in [7, 11) is 0. The monoisotopic (exact) mass is 361 g/mol. The molecule has 3 amide bonds. The molecule has 6 heteroatoms. The van der Waals surface area contributed by atoms with Crippen molar-refractivity contribution in [3.8, 4) is 0 Å². The second-order valence-corrected chi connectivity index (χ2v) is 7.80. The van der Waals surface area contributed by atoms with Gasteiger partial charge in [-0.3, -0.25) is 0 Å². The molecular weight excluding hydrogens is 330 g/mol. The molecule has 0 saturated carbocycles. The Hall–Kier alpha value is -2.24. The summed E-state index contributed by atoms with van der Waals surface area (Å²) >= 11 is 0. The molecule has 1 aromatic rings. The molecule has 0 aliphatic carbocycles. The van der Waals surface area contributed by atoms with Gasteiger partial charge in [-0.1, -0.05) is 12.1 Å². The standard InChI is InChI=1S/C20H31N3O3/c1-5-21-18(24)22-17-8-6-15(7-9-17)14-16-10-12-23(13-11-16)19(25)26-20(2,3)4/h6-9,16H,5,10-14H2,1-4H3,(H2,21,22,24). The van der Waals surface area contributed by atoms with Crippen LogP contribution in [0.1, 0.15) is 46.1 Å². The van der Waals surface area contributed by atoms with Crippen molar-refractivity contribution in [2.24, 2.45) is 5.92 Å². The van der Waals surface area contributed by atoms with Gasteiger partial charge in [0.25, 0.3) is 0 Å². The van der Waals surface area contributed by atoms with Gasteiger partial charge >= 0.3 is 12.1 Å². The van der Waals surface area contributed by atoms with Crippen LogP contribution in [0.2, 0.25) is 0 Å². The number of piperidine rings is 1. The fourth-order valence-corrected chi connectivity index (χ4v) is 3.04. The lowest BCUT2D eigenvalue weighted by Gasteiger charge is -2.33. The van der Waals surface area contributed by atoms with E-state index in [9.17, 15) is 9.59 Å². The SMILES string of the molecule is CCNC(=O)Nc1ccc(CC2CCN(C(=O)OC(C)(C)C)CC2)cc1. The molecule has 26 heavy (non-hydrogen) atoms. The Bertz CT molecular complexity index is 600. The second kappa shape index (κ2) is 8.92. The largest absolute Gasteiger partial charge is 0.444 e. The first-order valence-electron chi connectivity index (χ1n) is 9.38. The highest BCUT2D eigenvalue weighted by Crippen LogP contribution is 2.23. The van der Waals surface area contributed by atoms with Crippen molar-refractivity contribution in [2.45, 2.75) is 52.6 Å². The van der Waals surface area contributed by atoms with Gasteiger partial charge in [0, 0.05) is 25.3 Å². The van der Waals surface area contributed by atoms with Crippen LogP contribution in [0.5, 0.6) is 0 Å². The Kier molecular flexibility index (Phi) is 6.89. The van der Waals surface area contributed by atoms with E-state index in [0.29, 0.717) is 12.5 Å². The molecule has 1 aliphatic heterocycles. The predicted molar refractivity (Wildman–Crippen MR) is 103 cm³/mol. The summed E-state index contributed by atoms with van der Waals surface area (Å²) in [6, 6.07) is 7.79. The van der Waals surface area contributed by atoms with Gasteiger partial charge in [0.15, 0.2) is 0 Å². The van der Waals surface area contributed by atoms with E-state index in [4.69, 9.17) is 4.74 Å². The minimum atomic E-state index is -0.447. The van der Waals surface area contributed by atoms with Crippen molar-refractivity contribution in [3.05, 3.63) is 29.8 Å². The van der Waals surface area contributed by atoms with E-state index in [1.54, 1.807) is 4.90 Å². The number of nitrogens with zero attached hydrogens (tertiary/aromatic N) is 1. The van der Waals surface area contributed by atoms with Crippen LogP contribution >= 0.6 is 0 Å². The summed E-state index contributed by atoms with van der Waals surface area (Å²) < 4.78 is 5.44. The molecule has 6 nitrogen and oxygen atoms in total. The molecule has 0 bridgehead atoms. The lowest BCUT2D eigenvalue weighted by atomic mass is 9.90. The highest BCUT2D eigenvalue weighted by atomic mass is 16.6. The third kappa shape index (κ3) is 6.58. The first-order chi connectivity index (χ1) is 12.3. The molecule has 1 aliphatic rings. The number of likely N-dealkylation sites (tertiary alicyclic amines) is 1. The van der Waals surface area contributed by atoms with E-state index in [0.717, 1.165) is 38.0 Å². The van der Waals surface area contributed by atoms with Crippen molar-refractivity contribution in [1.82, 2.24) is 10.2 Å². The average Bonchev–Trinajstić information content (AvgIpc) is 2.56. The van der Waals surface area contributed by atoms with Crippen molar-refractivity contribution < 1.29 is 14.3 Å². The molecular formula is C20H31N3O3. The number of benzene rings is 1.